The minimum absolute atomic E-state index is 0.536. The molecular weight excluding hydrogens is 216 g/mol. The summed E-state index contributed by atoms with van der Waals surface area (Å²) in [6.07, 6.45) is 1.21. The van der Waals surface area contributed by atoms with Gasteiger partial charge in [0.25, 0.3) is 0 Å². The molecule has 2 nitrogen and oxygen atoms in total. The molecule has 1 aromatic heterocycles. The Hall–Kier alpha value is -0.380. The topological polar surface area (TPSA) is 15.3 Å². The zero-order valence-electron chi connectivity index (χ0n) is 10.9. The van der Waals surface area contributed by atoms with Gasteiger partial charge in [-0.2, -0.15) is 0 Å². The Morgan fingerprint density at radius 2 is 2.19 bits per heavy atom. The number of nitrogens with zero attached hydrogens (tertiary/aromatic N) is 1. The monoisotopic (exact) mass is 240 g/mol. The van der Waals surface area contributed by atoms with Crippen molar-refractivity contribution in [2.75, 3.05) is 20.1 Å². The maximum Gasteiger partial charge on any atom is 0.0410 e. The zero-order chi connectivity index (χ0) is 12.0. The number of hydrogen-bond donors (Lipinski definition) is 1. The fraction of sp³-hybridized carbons (Fsp3) is 0.692. The Kier molecular flexibility index (Phi) is 6.03. The predicted octanol–water partition coefficient (Wildman–Crippen LogP) is 3.13. The Labute approximate surface area is 104 Å². The Morgan fingerprint density at radius 1 is 1.44 bits per heavy atom. The lowest BCUT2D eigenvalue weighted by Gasteiger charge is -2.25. The fourth-order valence-electron chi connectivity index (χ4n) is 1.79. The van der Waals surface area contributed by atoms with Crippen LogP contribution >= 0.6 is 11.3 Å². The number of rotatable bonds is 7. The van der Waals surface area contributed by atoms with Crippen molar-refractivity contribution < 1.29 is 0 Å². The highest BCUT2D eigenvalue weighted by Gasteiger charge is 2.12. The molecule has 0 aromatic carbocycles. The Morgan fingerprint density at radius 3 is 2.75 bits per heavy atom. The molecule has 0 spiro atoms. The number of hydrogen-bond acceptors (Lipinski definition) is 3. The van der Waals surface area contributed by atoms with Crippen LogP contribution in [0, 0.1) is 0 Å². The molecule has 0 radical (unpaired) electrons. The standard InChI is InChI=1S/C13H24N2S/c1-5-14-11(2)8-9-15(4)12(3)13-7-6-10-16-13/h6-7,10-12,14H,5,8-9H2,1-4H3. The van der Waals surface area contributed by atoms with Gasteiger partial charge in [-0.25, -0.2) is 0 Å². The highest BCUT2D eigenvalue weighted by molar-refractivity contribution is 7.10. The van der Waals surface area contributed by atoms with Gasteiger partial charge in [0.05, 0.1) is 0 Å². The Bertz CT molecular complexity index is 271. The molecule has 92 valence electrons. The van der Waals surface area contributed by atoms with Gasteiger partial charge >= 0.3 is 0 Å². The van der Waals surface area contributed by atoms with Crippen LogP contribution in [0.1, 0.15) is 38.1 Å². The third-order valence-electron chi connectivity index (χ3n) is 3.08. The zero-order valence-corrected chi connectivity index (χ0v) is 11.7. The highest BCUT2D eigenvalue weighted by atomic mass is 32.1. The van der Waals surface area contributed by atoms with Crippen molar-refractivity contribution in [3.05, 3.63) is 22.4 Å². The van der Waals surface area contributed by atoms with Crippen molar-refractivity contribution in [2.45, 2.75) is 39.3 Å². The van der Waals surface area contributed by atoms with Crippen LogP contribution < -0.4 is 5.32 Å². The molecule has 1 N–H and O–H groups in total. The molecule has 2 unspecified atom stereocenters. The average molecular weight is 240 g/mol. The molecule has 3 heteroatoms. The van der Waals surface area contributed by atoms with E-state index in [0.717, 1.165) is 13.1 Å². The van der Waals surface area contributed by atoms with Crippen molar-refractivity contribution in [3.63, 3.8) is 0 Å². The van der Waals surface area contributed by atoms with Gasteiger partial charge in [-0.1, -0.05) is 13.0 Å². The second-order valence-electron chi connectivity index (χ2n) is 4.42. The smallest absolute Gasteiger partial charge is 0.0410 e. The van der Waals surface area contributed by atoms with Crippen molar-refractivity contribution in [1.29, 1.82) is 0 Å². The van der Waals surface area contributed by atoms with E-state index in [0.29, 0.717) is 12.1 Å². The summed E-state index contributed by atoms with van der Waals surface area (Å²) in [4.78, 5) is 3.89. The molecule has 0 amide bonds. The first-order valence-electron chi connectivity index (χ1n) is 6.12. The molecule has 0 aliphatic heterocycles. The van der Waals surface area contributed by atoms with Gasteiger partial charge in [-0.05, 0) is 51.9 Å². The second-order valence-corrected chi connectivity index (χ2v) is 5.40. The summed E-state index contributed by atoms with van der Waals surface area (Å²) in [5.41, 5.74) is 0. The van der Waals surface area contributed by atoms with Gasteiger partial charge in [-0.3, -0.25) is 4.90 Å². The summed E-state index contributed by atoms with van der Waals surface area (Å²) in [5.74, 6) is 0. The lowest BCUT2D eigenvalue weighted by atomic mass is 10.2. The van der Waals surface area contributed by atoms with Crippen LogP contribution in [0.25, 0.3) is 0 Å². The summed E-state index contributed by atoms with van der Waals surface area (Å²) in [6, 6.07) is 5.50. The van der Waals surface area contributed by atoms with E-state index >= 15 is 0 Å². The Balaban J connectivity index is 2.32. The highest BCUT2D eigenvalue weighted by Crippen LogP contribution is 2.23. The minimum Gasteiger partial charge on any atom is -0.314 e. The van der Waals surface area contributed by atoms with Crippen LogP contribution in [0.3, 0.4) is 0 Å². The molecule has 0 aliphatic rings. The first-order chi connectivity index (χ1) is 7.65. The molecule has 2 atom stereocenters. The predicted molar refractivity (Wildman–Crippen MR) is 73.1 cm³/mol. The van der Waals surface area contributed by atoms with Crippen LogP contribution in [0.15, 0.2) is 17.5 Å². The maximum absolute atomic E-state index is 3.45. The molecule has 0 saturated heterocycles. The number of nitrogens with one attached hydrogen (secondary N) is 1. The van der Waals surface area contributed by atoms with E-state index in [1.807, 2.05) is 11.3 Å². The number of thiophene rings is 1. The van der Waals surface area contributed by atoms with Gasteiger partial charge in [-0.15, -0.1) is 11.3 Å². The minimum atomic E-state index is 0.536. The van der Waals surface area contributed by atoms with E-state index in [-0.39, 0.29) is 0 Å². The van der Waals surface area contributed by atoms with Crippen LogP contribution in [-0.4, -0.2) is 31.1 Å². The molecule has 16 heavy (non-hydrogen) atoms. The molecule has 0 bridgehead atoms. The van der Waals surface area contributed by atoms with Gasteiger partial charge in [0.1, 0.15) is 0 Å². The third-order valence-corrected chi connectivity index (χ3v) is 4.13. The van der Waals surface area contributed by atoms with E-state index in [4.69, 9.17) is 0 Å². The first kappa shape index (κ1) is 13.7. The quantitative estimate of drug-likeness (QED) is 0.788. The molecule has 0 fully saturated rings. The van der Waals surface area contributed by atoms with Crippen LogP contribution in [-0.2, 0) is 0 Å². The van der Waals surface area contributed by atoms with Crippen molar-refractivity contribution >= 4 is 11.3 Å². The van der Waals surface area contributed by atoms with Crippen LogP contribution in [0.4, 0.5) is 0 Å². The largest absolute Gasteiger partial charge is 0.314 e. The van der Waals surface area contributed by atoms with Crippen molar-refractivity contribution in [2.24, 2.45) is 0 Å². The SMILES string of the molecule is CCNC(C)CCN(C)C(C)c1cccs1. The van der Waals surface area contributed by atoms with Crippen molar-refractivity contribution in [1.82, 2.24) is 10.2 Å². The second kappa shape index (κ2) is 7.05. The maximum atomic E-state index is 3.45. The average Bonchev–Trinajstić information content (AvgIpc) is 2.78. The molecule has 1 aromatic rings. The molecule has 0 saturated carbocycles. The molecule has 1 heterocycles. The lowest BCUT2D eigenvalue weighted by Crippen LogP contribution is -2.31. The molecule has 0 aliphatic carbocycles. The molecule has 1 rings (SSSR count). The van der Waals surface area contributed by atoms with Crippen molar-refractivity contribution in [3.8, 4) is 0 Å². The molecular formula is C13H24N2S. The van der Waals surface area contributed by atoms with Crippen LogP contribution in [0.2, 0.25) is 0 Å². The summed E-state index contributed by atoms with van der Waals surface area (Å²) in [5, 5.41) is 5.60. The summed E-state index contributed by atoms with van der Waals surface area (Å²) in [7, 11) is 2.21. The summed E-state index contributed by atoms with van der Waals surface area (Å²) in [6.45, 7) is 8.91. The first-order valence-corrected chi connectivity index (χ1v) is 7.00. The van der Waals surface area contributed by atoms with Gasteiger partial charge in [0.2, 0.25) is 0 Å². The van der Waals surface area contributed by atoms with E-state index in [1.54, 1.807) is 0 Å². The van der Waals surface area contributed by atoms with Crippen LogP contribution in [0.5, 0.6) is 0 Å². The van der Waals surface area contributed by atoms with E-state index in [2.05, 4.69) is 55.5 Å². The summed E-state index contributed by atoms with van der Waals surface area (Å²) < 4.78 is 0. The van der Waals surface area contributed by atoms with Gasteiger partial charge < -0.3 is 5.32 Å². The fourth-order valence-corrected chi connectivity index (χ4v) is 2.64. The lowest BCUT2D eigenvalue weighted by molar-refractivity contribution is 0.251. The van der Waals surface area contributed by atoms with E-state index in [9.17, 15) is 0 Å². The van der Waals surface area contributed by atoms with E-state index in [1.165, 1.54) is 11.3 Å². The normalized spacial score (nSPS) is 15.3. The third kappa shape index (κ3) is 4.24. The summed E-state index contributed by atoms with van der Waals surface area (Å²) >= 11 is 1.85. The van der Waals surface area contributed by atoms with Gasteiger partial charge in [0, 0.05) is 17.0 Å². The van der Waals surface area contributed by atoms with E-state index < -0.39 is 0 Å². The van der Waals surface area contributed by atoms with Gasteiger partial charge in [0.15, 0.2) is 0 Å².